The lowest BCUT2D eigenvalue weighted by molar-refractivity contribution is 0.415. The molecule has 0 aliphatic heterocycles. The van der Waals surface area contributed by atoms with Crippen molar-refractivity contribution in [3.63, 3.8) is 0 Å². The van der Waals surface area contributed by atoms with Crippen molar-refractivity contribution in [2.75, 3.05) is 17.7 Å². The molecule has 0 amide bonds. The van der Waals surface area contributed by atoms with E-state index in [1.54, 1.807) is 18.0 Å². The lowest BCUT2D eigenvalue weighted by Gasteiger charge is -2.14. The number of benzene rings is 1. The quantitative estimate of drug-likeness (QED) is 0.701. The van der Waals surface area contributed by atoms with E-state index in [9.17, 15) is 0 Å². The normalized spacial score (nSPS) is 14.7. The van der Waals surface area contributed by atoms with Gasteiger partial charge >= 0.3 is 0 Å². The Hall–Kier alpha value is -2.54. The van der Waals surface area contributed by atoms with Crippen LogP contribution in [0.25, 0.3) is 11.0 Å². The first-order valence-electron chi connectivity index (χ1n) is 8.71. The molecule has 2 aromatic heterocycles. The van der Waals surface area contributed by atoms with Crippen molar-refractivity contribution < 1.29 is 4.74 Å². The Morgan fingerprint density at radius 1 is 1.23 bits per heavy atom. The predicted molar refractivity (Wildman–Crippen MR) is 103 cm³/mol. The van der Waals surface area contributed by atoms with Gasteiger partial charge in [0.1, 0.15) is 11.6 Å². The van der Waals surface area contributed by atoms with E-state index in [-0.39, 0.29) is 0 Å². The van der Waals surface area contributed by atoms with Crippen LogP contribution in [0, 0.1) is 0 Å². The number of rotatable bonds is 5. The van der Waals surface area contributed by atoms with Gasteiger partial charge in [0.2, 0.25) is 5.95 Å². The molecule has 2 N–H and O–H groups in total. The van der Waals surface area contributed by atoms with E-state index in [1.165, 1.54) is 12.8 Å². The van der Waals surface area contributed by atoms with Crippen LogP contribution in [0.15, 0.2) is 24.4 Å². The zero-order valence-corrected chi connectivity index (χ0v) is 15.5. The minimum absolute atomic E-state index is 0.434. The van der Waals surface area contributed by atoms with Gasteiger partial charge in [-0.2, -0.15) is 15.1 Å². The summed E-state index contributed by atoms with van der Waals surface area (Å²) in [4.78, 5) is 9.32. The van der Waals surface area contributed by atoms with Crippen LogP contribution in [0.1, 0.15) is 25.7 Å². The number of hydrogen-bond acceptors (Lipinski definition) is 6. The summed E-state index contributed by atoms with van der Waals surface area (Å²) < 4.78 is 6.96. The highest BCUT2D eigenvalue weighted by molar-refractivity contribution is 6.32. The lowest BCUT2D eigenvalue weighted by Crippen LogP contribution is -2.17. The topological polar surface area (TPSA) is 76.9 Å². The molecule has 3 aromatic rings. The van der Waals surface area contributed by atoms with Gasteiger partial charge in [0.05, 0.1) is 23.7 Å². The number of ether oxygens (including phenoxy) is 1. The molecule has 1 fully saturated rings. The fourth-order valence-electron chi connectivity index (χ4n) is 3.32. The predicted octanol–water partition coefficient (Wildman–Crippen LogP) is 4.12. The van der Waals surface area contributed by atoms with Crippen molar-refractivity contribution in [1.29, 1.82) is 0 Å². The Morgan fingerprint density at radius 3 is 2.77 bits per heavy atom. The summed E-state index contributed by atoms with van der Waals surface area (Å²) in [5, 5.41) is 12.5. The van der Waals surface area contributed by atoms with Crippen molar-refractivity contribution >= 4 is 40.1 Å². The molecule has 0 spiro atoms. The molecule has 8 heteroatoms. The smallest absolute Gasteiger partial charge is 0.226 e. The van der Waals surface area contributed by atoms with Gasteiger partial charge in [-0.1, -0.05) is 24.4 Å². The highest BCUT2D eigenvalue weighted by atomic mass is 35.5. The Labute approximate surface area is 156 Å². The van der Waals surface area contributed by atoms with Crippen molar-refractivity contribution in [3.8, 4) is 5.75 Å². The van der Waals surface area contributed by atoms with Crippen LogP contribution in [0.3, 0.4) is 0 Å². The number of aryl methyl sites for hydroxylation is 1. The number of aromatic nitrogens is 4. The molecule has 1 aliphatic carbocycles. The highest BCUT2D eigenvalue weighted by Gasteiger charge is 2.18. The summed E-state index contributed by atoms with van der Waals surface area (Å²) in [6.45, 7) is 0. The third kappa shape index (κ3) is 3.26. The van der Waals surface area contributed by atoms with Gasteiger partial charge in [0.25, 0.3) is 0 Å². The number of halogens is 1. The molecular formula is C18H21ClN6O. The molecule has 0 unspecified atom stereocenters. The van der Waals surface area contributed by atoms with E-state index >= 15 is 0 Å². The maximum atomic E-state index is 6.24. The van der Waals surface area contributed by atoms with E-state index in [0.717, 1.165) is 29.6 Å². The number of methoxy groups -OCH3 is 1. The van der Waals surface area contributed by atoms with Gasteiger partial charge in [0.15, 0.2) is 5.65 Å². The molecule has 1 aromatic carbocycles. The summed E-state index contributed by atoms with van der Waals surface area (Å²) in [5.74, 6) is 1.95. The maximum Gasteiger partial charge on any atom is 0.226 e. The summed E-state index contributed by atoms with van der Waals surface area (Å²) in [6.07, 6.45) is 6.58. The molecule has 7 nitrogen and oxygen atoms in total. The van der Waals surface area contributed by atoms with E-state index in [2.05, 4.69) is 25.7 Å². The van der Waals surface area contributed by atoms with E-state index in [1.807, 2.05) is 25.2 Å². The van der Waals surface area contributed by atoms with Crippen molar-refractivity contribution in [2.45, 2.75) is 31.7 Å². The van der Waals surface area contributed by atoms with E-state index < -0.39 is 0 Å². The van der Waals surface area contributed by atoms with E-state index in [4.69, 9.17) is 16.3 Å². The second kappa shape index (κ2) is 6.99. The monoisotopic (exact) mass is 372 g/mol. The average molecular weight is 373 g/mol. The van der Waals surface area contributed by atoms with Gasteiger partial charge in [-0.05, 0) is 31.0 Å². The number of hydrogen-bond donors (Lipinski definition) is 2. The van der Waals surface area contributed by atoms with Crippen LogP contribution in [0.2, 0.25) is 5.02 Å². The number of nitrogens with zero attached hydrogens (tertiary/aromatic N) is 4. The molecule has 0 atom stereocenters. The highest BCUT2D eigenvalue weighted by Crippen LogP contribution is 2.31. The van der Waals surface area contributed by atoms with Crippen LogP contribution in [-0.2, 0) is 7.05 Å². The van der Waals surface area contributed by atoms with Gasteiger partial charge in [-0.25, -0.2) is 0 Å². The van der Waals surface area contributed by atoms with Crippen molar-refractivity contribution in [2.24, 2.45) is 7.05 Å². The molecule has 26 heavy (non-hydrogen) atoms. The fourth-order valence-corrected chi connectivity index (χ4v) is 3.57. The molecule has 2 heterocycles. The first-order chi connectivity index (χ1) is 12.6. The number of anilines is 3. The molecule has 4 rings (SSSR count). The van der Waals surface area contributed by atoms with Crippen LogP contribution >= 0.6 is 11.6 Å². The largest absolute Gasteiger partial charge is 0.495 e. The van der Waals surface area contributed by atoms with Gasteiger partial charge in [-0.3, -0.25) is 4.68 Å². The third-order valence-corrected chi connectivity index (χ3v) is 4.99. The molecule has 136 valence electrons. The van der Waals surface area contributed by atoms with Gasteiger partial charge in [-0.15, -0.1) is 0 Å². The summed E-state index contributed by atoms with van der Waals surface area (Å²) >= 11 is 6.24. The zero-order valence-electron chi connectivity index (χ0n) is 14.8. The lowest BCUT2D eigenvalue weighted by atomic mass is 10.2. The third-order valence-electron chi connectivity index (χ3n) is 4.70. The first kappa shape index (κ1) is 16.9. The zero-order chi connectivity index (χ0) is 18.1. The molecule has 0 saturated heterocycles. The number of nitrogens with one attached hydrogen (secondary N) is 2. The summed E-state index contributed by atoms with van der Waals surface area (Å²) in [5.41, 5.74) is 1.61. The molecule has 0 bridgehead atoms. The minimum atomic E-state index is 0.434. The molecule has 1 saturated carbocycles. The average Bonchev–Trinajstić information content (AvgIpc) is 3.26. The number of fused-ring (bicyclic) bond motifs is 1. The summed E-state index contributed by atoms with van der Waals surface area (Å²) in [6, 6.07) is 5.97. The fraction of sp³-hybridized carbons (Fsp3) is 0.389. The Kier molecular flexibility index (Phi) is 4.55. The standard InChI is InChI=1S/C18H21ClN6O/c1-25-17-13(10-20-25)16(21-12-7-8-15(26-2)14(19)9-12)23-18(24-17)22-11-5-3-4-6-11/h7-11H,3-6H2,1-2H3,(H2,21,22,23,24). The second-order valence-electron chi connectivity index (χ2n) is 6.50. The minimum Gasteiger partial charge on any atom is -0.495 e. The summed E-state index contributed by atoms with van der Waals surface area (Å²) in [7, 11) is 3.47. The molecule has 1 aliphatic rings. The Morgan fingerprint density at radius 2 is 2.04 bits per heavy atom. The van der Waals surface area contributed by atoms with Crippen LogP contribution in [0.4, 0.5) is 17.5 Å². The van der Waals surface area contributed by atoms with Crippen LogP contribution < -0.4 is 15.4 Å². The van der Waals surface area contributed by atoms with Gasteiger partial charge in [0, 0.05) is 18.8 Å². The SMILES string of the molecule is COc1ccc(Nc2nc(NC3CCCC3)nc3c2cnn3C)cc1Cl. The van der Waals surface area contributed by atoms with Gasteiger partial charge < -0.3 is 15.4 Å². The van der Waals surface area contributed by atoms with Crippen LogP contribution in [0.5, 0.6) is 5.75 Å². The molecular weight excluding hydrogens is 352 g/mol. The Bertz CT molecular complexity index is 935. The first-order valence-corrected chi connectivity index (χ1v) is 9.08. The van der Waals surface area contributed by atoms with E-state index in [0.29, 0.717) is 28.6 Å². The molecule has 0 radical (unpaired) electrons. The Balaban J connectivity index is 1.69. The van der Waals surface area contributed by atoms with Crippen molar-refractivity contribution in [1.82, 2.24) is 19.7 Å². The van der Waals surface area contributed by atoms with Crippen molar-refractivity contribution in [3.05, 3.63) is 29.4 Å². The maximum absolute atomic E-state index is 6.24. The van der Waals surface area contributed by atoms with Crippen LogP contribution in [-0.4, -0.2) is 32.9 Å². The second-order valence-corrected chi connectivity index (χ2v) is 6.91.